The molecule has 0 saturated heterocycles. The van der Waals surface area contributed by atoms with Gasteiger partial charge in [-0.3, -0.25) is 0 Å². The Morgan fingerprint density at radius 3 is 2.54 bits per heavy atom. The van der Waals surface area contributed by atoms with Gasteiger partial charge in [0, 0.05) is 31.7 Å². The Morgan fingerprint density at radius 2 is 1.96 bits per heavy atom. The van der Waals surface area contributed by atoms with E-state index in [1.807, 2.05) is 0 Å². The minimum atomic E-state index is -4.54. The smallest absolute Gasteiger partial charge is 0.435 e. The predicted molar refractivity (Wildman–Crippen MR) is 85.4 cm³/mol. The van der Waals surface area contributed by atoms with Crippen molar-refractivity contribution in [2.75, 3.05) is 6.61 Å². The highest BCUT2D eigenvalue weighted by molar-refractivity contribution is 9.11. The van der Waals surface area contributed by atoms with Gasteiger partial charge >= 0.3 is 6.18 Å². The van der Waals surface area contributed by atoms with Crippen LogP contribution in [0.2, 0.25) is 0 Å². The van der Waals surface area contributed by atoms with Crippen molar-refractivity contribution in [1.29, 1.82) is 0 Å². The van der Waals surface area contributed by atoms with Crippen molar-refractivity contribution in [2.45, 2.75) is 19.5 Å². The summed E-state index contributed by atoms with van der Waals surface area (Å²) in [7, 11) is 1.36. The van der Waals surface area contributed by atoms with Crippen LogP contribution in [0.3, 0.4) is 0 Å². The molecule has 0 radical (unpaired) electrons. The Bertz CT molecular complexity index is 744. The van der Waals surface area contributed by atoms with E-state index in [1.54, 1.807) is 19.1 Å². The number of aromatic nitrogens is 3. The summed E-state index contributed by atoms with van der Waals surface area (Å²) in [4.78, 5) is 4.13. The van der Waals surface area contributed by atoms with Crippen LogP contribution >= 0.6 is 15.9 Å². The number of alkyl halides is 3. The van der Waals surface area contributed by atoms with Crippen molar-refractivity contribution in [3.05, 3.63) is 40.5 Å². The number of halogens is 4. The fourth-order valence-corrected chi connectivity index (χ4v) is 1.95. The van der Waals surface area contributed by atoms with E-state index in [-0.39, 0.29) is 11.8 Å². The molecule has 0 amide bonds. The van der Waals surface area contributed by atoms with Gasteiger partial charge in [-0.15, -0.1) is 0 Å². The Balaban J connectivity index is 2.16. The Morgan fingerprint density at radius 1 is 1.29 bits per heavy atom. The summed E-state index contributed by atoms with van der Waals surface area (Å²) in [6.45, 7) is 5.86. The normalized spacial score (nSPS) is 11.4. The summed E-state index contributed by atoms with van der Waals surface area (Å²) in [5.41, 5.74) is -0.231. The van der Waals surface area contributed by atoms with E-state index < -0.39 is 11.9 Å². The van der Waals surface area contributed by atoms with Crippen molar-refractivity contribution in [2.24, 2.45) is 7.05 Å². The molecular formula is C15H15BrF3N3O2. The van der Waals surface area contributed by atoms with Crippen molar-refractivity contribution in [1.82, 2.24) is 14.8 Å². The number of rotatable bonds is 6. The van der Waals surface area contributed by atoms with Crippen molar-refractivity contribution in [3.63, 3.8) is 0 Å². The molecular weight excluding hydrogens is 391 g/mol. The predicted octanol–water partition coefficient (Wildman–Crippen LogP) is 4.61. The highest BCUT2D eigenvalue weighted by atomic mass is 79.9. The summed E-state index contributed by atoms with van der Waals surface area (Å²) in [6, 6.07) is 4.12. The summed E-state index contributed by atoms with van der Waals surface area (Å²) in [5, 5.41) is 3.38. The third kappa shape index (κ3) is 4.98. The molecule has 130 valence electrons. The van der Waals surface area contributed by atoms with Crippen LogP contribution in [0, 0.1) is 6.92 Å². The van der Waals surface area contributed by atoms with Gasteiger partial charge < -0.3 is 9.47 Å². The number of aryl methyl sites for hydroxylation is 2. The van der Waals surface area contributed by atoms with Gasteiger partial charge in [-0.2, -0.15) is 23.3 Å². The van der Waals surface area contributed by atoms with Gasteiger partial charge in [0.2, 0.25) is 17.6 Å². The Hall–Kier alpha value is -2.03. The lowest BCUT2D eigenvalue weighted by molar-refractivity contribution is -0.141. The first-order valence-corrected chi connectivity index (χ1v) is 7.68. The second kappa shape index (κ2) is 7.25. The van der Waals surface area contributed by atoms with Gasteiger partial charge in [0.05, 0.1) is 6.61 Å². The second-order valence-electron chi connectivity index (χ2n) is 5.03. The van der Waals surface area contributed by atoms with Crippen LogP contribution in [-0.4, -0.2) is 21.4 Å². The van der Waals surface area contributed by atoms with Crippen molar-refractivity contribution in [3.8, 4) is 17.6 Å². The molecule has 0 fully saturated rings. The van der Waals surface area contributed by atoms with Gasteiger partial charge in [0.25, 0.3) is 0 Å². The maximum Gasteiger partial charge on any atom is 0.435 e. The van der Waals surface area contributed by atoms with Crippen LogP contribution in [0.5, 0.6) is 17.6 Å². The average molecular weight is 406 g/mol. The molecule has 5 nitrogen and oxygen atoms in total. The molecule has 0 atom stereocenters. The van der Waals surface area contributed by atoms with E-state index in [9.17, 15) is 13.2 Å². The quantitative estimate of drug-likeness (QED) is 0.703. The molecule has 2 aromatic rings. The third-order valence-electron chi connectivity index (χ3n) is 2.88. The van der Waals surface area contributed by atoms with Crippen LogP contribution in [0.15, 0.2) is 29.3 Å². The maximum absolute atomic E-state index is 12.7. The molecule has 0 spiro atoms. The van der Waals surface area contributed by atoms with E-state index in [0.717, 1.165) is 20.8 Å². The molecule has 0 aliphatic rings. The minimum Gasteiger partial charge on any atom is -0.477 e. The van der Waals surface area contributed by atoms with E-state index in [4.69, 9.17) is 9.47 Å². The first kappa shape index (κ1) is 18.3. The highest BCUT2D eigenvalue weighted by Gasteiger charge is 2.35. The van der Waals surface area contributed by atoms with Crippen molar-refractivity contribution < 1.29 is 22.6 Å². The van der Waals surface area contributed by atoms with E-state index in [0.29, 0.717) is 18.9 Å². The van der Waals surface area contributed by atoms with E-state index in [2.05, 4.69) is 32.6 Å². The lowest BCUT2D eigenvalue weighted by Gasteiger charge is -2.09. The number of nitrogens with zero attached hydrogens (tertiary/aromatic N) is 3. The van der Waals surface area contributed by atoms with Crippen LogP contribution in [-0.2, 0) is 13.2 Å². The second-order valence-corrected chi connectivity index (χ2v) is 6.15. The zero-order valence-corrected chi connectivity index (χ0v) is 14.6. The van der Waals surface area contributed by atoms with E-state index >= 15 is 0 Å². The molecule has 2 heterocycles. The third-order valence-corrected chi connectivity index (χ3v) is 3.28. The molecule has 0 aliphatic carbocycles. The van der Waals surface area contributed by atoms with Crippen LogP contribution < -0.4 is 9.47 Å². The molecule has 0 saturated carbocycles. The molecule has 0 bridgehead atoms. The standard InChI is InChI=1S/C15H15BrF3N3O2/c1-9-6-12(23-5-4-10(2)16)20-13(7-9)24-14-8-11(15(17,18)19)21-22(14)3/h6-8H,2,4-5H2,1,3H3. The molecule has 0 aromatic carbocycles. The molecule has 9 heteroatoms. The van der Waals surface area contributed by atoms with Gasteiger partial charge in [-0.05, 0) is 17.0 Å². The summed E-state index contributed by atoms with van der Waals surface area (Å²) in [6.07, 6.45) is -3.94. The number of hydrogen-bond donors (Lipinski definition) is 0. The SMILES string of the molecule is C=C(Br)CCOc1cc(C)cc(Oc2cc(C(F)(F)F)nn2C)n1. The lowest BCUT2D eigenvalue weighted by Crippen LogP contribution is -2.06. The molecule has 2 rings (SSSR count). The molecule has 0 unspecified atom stereocenters. The molecule has 24 heavy (non-hydrogen) atoms. The fourth-order valence-electron chi connectivity index (χ4n) is 1.79. The molecule has 0 N–H and O–H groups in total. The Kier molecular flexibility index (Phi) is 5.53. The van der Waals surface area contributed by atoms with Gasteiger partial charge in [-0.25, -0.2) is 4.68 Å². The monoisotopic (exact) mass is 405 g/mol. The van der Waals surface area contributed by atoms with Gasteiger partial charge in [0.15, 0.2) is 5.69 Å². The first-order valence-electron chi connectivity index (χ1n) is 6.89. The zero-order chi connectivity index (χ0) is 17.9. The lowest BCUT2D eigenvalue weighted by atomic mass is 10.3. The topological polar surface area (TPSA) is 49.2 Å². The zero-order valence-electron chi connectivity index (χ0n) is 13.0. The van der Waals surface area contributed by atoms with Gasteiger partial charge in [-0.1, -0.05) is 22.5 Å². The van der Waals surface area contributed by atoms with Crippen LogP contribution in [0.4, 0.5) is 13.2 Å². The number of ether oxygens (including phenoxy) is 2. The molecule has 2 aromatic heterocycles. The number of hydrogen-bond acceptors (Lipinski definition) is 4. The Labute approximate surface area is 145 Å². The first-order chi connectivity index (χ1) is 11.1. The van der Waals surface area contributed by atoms with Crippen LogP contribution in [0.1, 0.15) is 17.7 Å². The van der Waals surface area contributed by atoms with Crippen LogP contribution in [0.25, 0.3) is 0 Å². The highest BCUT2D eigenvalue weighted by Crippen LogP contribution is 2.32. The maximum atomic E-state index is 12.7. The largest absolute Gasteiger partial charge is 0.477 e. The minimum absolute atomic E-state index is 0.0692. The van der Waals surface area contributed by atoms with Gasteiger partial charge in [0.1, 0.15) is 0 Å². The summed E-state index contributed by atoms with van der Waals surface area (Å²) < 4.78 is 50.7. The summed E-state index contributed by atoms with van der Waals surface area (Å²) in [5.74, 6) is 0.372. The fraction of sp³-hybridized carbons (Fsp3) is 0.333. The average Bonchev–Trinajstić information content (AvgIpc) is 2.79. The summed E-state index contributed by atoms with van der Waals surface area (Å²) >= 11 is 3.23. The molecule has 0 aliphatic heterocycles. The van der Waals surface area contributed by atoms with E-state index in [1.165, 1.54) is 7.05 Å². The van der Waals surface area contributed by atoms with Crippen molar-refractivity contribution >= 4 is 15.9 Å². The number of pyridine rings is 1.